The maximum absolute atomic E-state index is 11.9. The van der Waals surface area contributed by atoms with Gasteiger partial charge in [0.2, 0.25) is 5.91 Å². The van der Waals surface area contributed by atoms with E-state index in [1.807, 2.05) is 6.07 Å². The van der Waals surface area contributed by atoms with Gasteiger partial charge in [0.1, 0.15) is 0 Å². The van der Waals surface area contributed by atoms with Crippen molar-refractivity contribution in [2.75, 3.05) is 5.32 Å². The van der Waals surface area contributed by atoms with Gasteiger partial charge in [-0.15, -0.1) is 0 Å². The third kappa shape index (κ3) is 1.28. The molecule has 1 fully saturated rings. The summed E-state index contributed by atoms with van der Waals surface area (Å²) in [6.07, 6.45) is 3.71. The summed E-state index contributed by atoms with van der Waals surface area (Å²) in [5.41, 5.74) is 3.50. The van der Waals surface area contributed by atoms with Gasteiger partial charge in [0, 0.05) is 5.69 Å². The normalized spacial score (nSPS) is 24.6. The Labute approximate surface area is 89.7 Å². The molecular formula is C13H15NO. The first-order valence-corrected chi connectivity index (χ1v) is 5.67. The molecule has 0 bridgehead atoms. The van der Waals surface area contributed by atoms with Crippen LogP contribution in [0.4, 0.5) is 5.69 Å². The molecule has 1 heterocycles. The highest BCUT2D eigenvalue weighted by Crippen LogP contribution is 2.45. The van der Waals surface area contributed by atoms with E-state index >= 15 is 0 Å². The number of fused-ring (bicyclic) bond motifs is 1. The summed E-state index contributed by atoms with van der Waals surface area (Å²) >= 11 is 0. The Balaban J connectivity index is 2.03. The summed E-state index contributed by atoms with van der Waals surface area (Å²) < 4.78 is 0. The first-order valence-electron chi connectivity index (χ1n) is 5.67. The fourth-order valence-electron chi connectivity index (χ4n) is 2.65. The van der Waals surface area contributed by atoms with Crippen LogP contribution < -0.4 is 5.32 Å². The molecule has 1 saturated carbocycles. The molecule has 1 unspecified atom stereocenters. The van der Waals surface area contributed by atoms with Crippen LogP contribution in [0.1, 0.15) is 36.3 Å². The molecule has 78 valence electrons. The summed E-state index contributed by atoms with van der Waals surface area (Å²) in [6, 6.07) is 6.25. The molecule has 15 heavy (non-hydrogen) atoms. The van der Waals surface area contributed by atoms with Gasteiger partial charge in [-0.05, 0) is 37.3 Å². The van der Waals surface area contributed by atoms with E-state index in [0.29, 0.717) is 5.92 Å². The van der Waals surface area contributed by atoms with Crippen molar-refractivity contribution >= 4 is 11.6 Å². The Morgan fingerprint density at radius 3 is 2.80 bits per heavy atom. The number of hydrogen-bond acceptors (Lipinski definition) is 1. The van der Waals surface area contributed by atoms with Crippen molar-refractivity contribution in [1.29, 1.82) is 0 Å². The van der Waals surface area contributed by atoms with E-state index < -0.39 is 0 Å². The van der Waals surface area contributed by atoms with E-state index in [-0.39, 0.29) is 11.8 Å². The van der Waals surface area contributed by atoms with Crippen LogP contribution in [-0.4, -0.2) is 5.91 Å². The number of amides is 1. The van der Waals surface area contributed by atoms with Gasteiger partial charge in [-0.3, -0.25) is 4.79 Å². The van der Waals surface area contributed by atoms with Gasteiger partial charge in [-0.2, -0.15) is 0 Å². The molecule has 1 aliphatic heterocycles. The van der Waals surface area contributed by atoms with Crippen molar-refractivity contribution in [2.24, 2.45) is 5.92 Å². The number of carbonyl (C=O) groups excluding carboxylic acids is 1. The molecule has 1 aromatic carbocycles. The minimum Gasteiger partial charge on any atom is -0.325 e. The monoisotopic (exact) mass is 201 g/mol. The van der Waals surface area contributed by atoms with Crippen molar-refractivity contribution in [3.63, 3.8) is 0 Å². The quantitative estimate of drug-likeness (QED) is 0.743. The fourth-order valence-corrected chi connectivity index (χ4v) is 2.65. The molecule has 2 nitrogen and oxygen atoms in total. The lowest BCUT2D eigenvalue weighted by atomic mass is 9.73. The van der Waals surface area contributed by atoms with Crippen LogP contribution >= 0.6 is 0 Å². The van der Waals surface area contributed by atoms with E-state index in [4.69, 9.17) is 0 Å². The molecule has 2 heteroatoms. The van der Waals surface area contributed by atoms with Crippen LogP contribution in [0, 0.1) is 12.8 Å². The second-order valence-electron chi connectivity index (χ2n) is 4.75. The molecule has 0 saturated heterocycles. The van der Waals surface area contributed by atoms with Crippen molar-refractivity contribution in [3.8, 4) is 0 Å². The number of carbonyl (C=O) groups is 1. The lowest BCUT2D eigenvalue weighted by Gasteiger charge is -2.30. The first kappa shape index (κ1) is 8.96. The zero-order chi connectivity index (χ0) is 10.4. The number of benzene rings is 1. The van der Waals surface area contributed by atoms with Crippen molar-refractivity contribution in [2.45, 2.75) is 32.1 Å². The average Bonchev–Trinajstić information content (AvgIpc) is 2.42. The number of rotatable bonds is 1. The Morgan fingerprint density at radius 1 is 1.33 bits per heavy atom. The van der Waals surface area contributed by atoms with Crippen LogP contribution in [0.25, 0.3) is 0 Å². The summed E-state index contributed by atoms with van der Waals surface area (Å²) in [4.78, 5) is 11.9. The summed E-state index contributed by atoms with van der Waals surface area (Å²) in [5.74, 6) is 0.932. The molecule has 0 radical (unpaired) electrons. The van der Waals surface area contributed by atoms with Crippen molar-refractivity contribution < 1.29 is 4.79 Å². The maximum atomic E-state index is 11.9. The molecule has 1 atom stereocenters. The van der Waals surface area contributed by atoms with Crippen molar-refractivity contribution in [3.05, 3.63) is 29.3 Å². The molecule has 2 aliphatic rings. The lowest BCUT2D eigenvalue weighted by Crippen LogP contribution is -2.25. The predicted octanol–water partition coefficient (Wildman–Crippen LogP) is 2.83. The van der Waals surface area contributed by atoms with Crippen LogP contribution in [0.15, 0.2) is 18.2 Å². The molecular weight excluding hydrogens is 186 g/mol. The van der Waals surface area contributed by atoms with Gasteiger partial charge in [-0.25, -0.2) is 0 Å². The van der Waals surface area contributed by atoms with Crippen LogP contribution in [0.3, 0.4) is 0 Å². The smallest absolute Gasteiger partial charge is 0.232 e. The Bertz CT molecular complexity index is 421. The Morgan fingerprint density at radius 2 is 2.13 bits per heavy atom. The number of nitrogens with one attached hydrogen (secondary N) is 1. The predicted molar refractivity (Wildman–Crippen MR) is 59.9 cm³/mol. The van der Waals surface area contributed by atoms with Crippen LogP contribution in [0.5, 0.6) is 0 Å². The molecule has 1 N–H and O–H groups in total. The minimum absolute atomic E-state index is 0.133. The topological polar surface area (TPSA) is 29.1 Å². The minimum atomic E-state index is 0.133. The third-order valence-corrected chi connectivity index (χ3v) is 3.70. The van der Waals surface area contributed by atoms with Gasteiger partial charge in [-0.1, -0.05) is 24.1 Å². The van der Waals surface area contributed by atoms with E-state index in [9.17, 15) is 4.79 Å². The average molecular weight is 201 g/mol. The Hall–Kier alpha value is -1.31. The lowest BCUT2D eigenvalue weighted by molar-refractivity contribution is -0.118. The highest BCUT2D eigenvalue weighted by Gasteiger charge is 2.39. The standard InChI is InChI=1S/C13H15NO/c1-8-5-6-11-10(7-8)12(13(15)14-11)9-3-2-4-9/h5-7,9,12H,2-4H2,1H3,(H,14,15). The number of aryl methyl sites for hydroxylation is 1. The Kier molecular flexibility index (Phi) is 1.84. The van der Waals surface area contributed by atoms with Gasteiger partial charge < -0.3 is 5.32 Å². The SMILES string of the molecule is Cc1ccc2c(c1)C(C1CCC1)C(=O)N2. The molecule has 1 amide bonds. The summed E-state index contributed by atoms with van der Waals surface area (Å²) in [5, 5.41) is 2.98. The molecule has 1 aromatic rings. The highest BCUT2D eigenvalue weighted by atomic mass is 16.2. The van der Waals surface area contributed by atoms with E-state index in [1.54, 1.807) is 0 Å². The zero-order valence-electron chi connectivity index (χ0n) is 8.92. The maximum Gasteiger partial charge on any atom is 0.232 e. The van der Waals surface area contributed by atoms with Gasteiger partial charge in [0.15, 0.2) is 0 Å². The summed E-state index contributed by atoms with van der Waals surface area (Å²) in [7, 11) is 0. The third-order valence-electron chi connectivity index (χ3n) is 3.70. The second-order valence-corrected chi connectivity index (χ2v) is 4.75. The van der Waals surface area contributed by atoms with E-state index in [2.05, 4.69) is 24.4 Å². The summed E-state index contributed by atoms with van der Waals surface area (Å²) in [6.45, 7) is 2.08. The fraction of sp³-hybridized carbons (Fsp3) is 0.462. The van der Waals surface area contributed by atoms with Crippen LogP contribution in [-0.2, 0) is 4.79 Å². The van der Waals surface area contributed by atoms with Gasteiger partial charge in [0.05, 0.1) is 5.92 Å². The molecule has 1 aliphatic carbocycles. The molecule has 3 rings (SSSR count). The zero-order valence-corrected chi connectivity index (χ0v) is 8.92. The first-order chi connectivity index (χ1) is 7.25. The largest absolute Gasteiger partial charge is 0.325 e. The van der Waals surface area contributed by atoms with E-state index in [1.165, 1.54) is 30.4 Å². The van der Waals surface area contributed by atoms with E-state index in [0.717, 1.165) is 5.69 Å². The number of hydrogen-bond donors (Lipinski definition) is 1. The van der Waals surface area contributed by atoms with Gasteiger partial charge in [0.25, 0.3) is 0 Å². The highest BCUT2D eigenvalue weighted by molar-refractivity contribution is 6.03. The molecule has 0 spiro atoms. The van der Waals surface area contributed by atoms with Gasteiger partial charge >= 0.3 is 0 Å². The second kappa shape index (κ2) is 3.09. The van der Waals surface area contributed by atoms with Crippen molar-refractivity contribution in [1.82, 2.24) is 0 Å². The van der Waals surface area contributed by atoms with Crippen LogP contribution in [0.2, 0.25) is 0 Å². The molecule has 0 aromatic heterocycles. The number of anilines is 1.